The van der Waals surface area contributed by atoms with E-state index in [0.29, 0.717) is 6.61 Å². The predicted molar refractivity (Wildman–Crippen MR) is 121 cm³/mol. The molecule has 3 aromatic rings. The molecule has 1 fully saturated rings. The second kappa shape index (κ2) is 8.19. The van der Waals surface area contributed by atoms with Crippen LogP contribution in [0.2, 0.25) is 0 Å². The minimum absolute atomic E-state index is 0.620. The summed E-state index contributed by atoms with van der Waals surface area (Å²) in [4.78, 5) is 10.6. The molecule has 5 nitrogen and oxygen atoms in total. The zero-order valence-electron chi connectivity index (χ0n) is 17.7. The van der Waals surface area contributed by atoms with Gasteiger partial charge < -0.3 is 19.2 Å². The molecule has 29 heavy (non-hydrogen) atoms. The first-order chi connectivity index (χ1) is 14.1. The molecule has 0 bridgehead atoms. The van der Waals surface area contributed by atoms with E-state index >= 15 is 0 Å². The summed E-state index contributed by atoms with van der Waals surface area (Å²) < 4.78 is 7.86. The molecule has 4 rings (SSSR count). The van der Waals surface area contributed by atoms with Crippen LogP contribution in [0.25, 0.3) is 28.4 Å². The number of ether oxygens (including phenoxy) is 1. The van der Waals surface area contributed by atoms with Crippen molar-refractivity contribution in [3.63, 3.8) is 0 Å². The standard InChI is InChI=1S/C24H30N4O/c1-5-18(29-6-2)14-19-17(3)27(4)16-21(19)22-15-20-23(10-11-25-24(20)26-22)28-12-8-7-9-13-28/h5,10-11,14-16H,1,6-9,12-13H2,2-4H3,(H,25,26)/b18-14+. The van der Waals surface area contributed by atoms with Gasteiger partial charge in [0.05, 0.1) is 6.61 Å². The summed E-state index contributed by atoms with van der Waals surface area (Å²) in [7, 11) is 2.07. The fraction of sp³-hybridized carbons (Fsp3) is 0.375. The Labute approximate surface area is 172 Å². The van der Waals surface area contributed by atoms with Crippen molar-refractivity contribution in [2.75, 3.05) is 24.6 Å². The molecule has 1 saturated heterocycles. The summed E-state index contributed by atoms with van der Waals surface area (Å²) in [5, 5.41) is 1.19. The molecule has 0 unspecified atom stereocenters. The van der Waals surface area contributed by atoms with Gasteiger partial charge in [-0.3, -0.25) is 0 Å². The van der Waals surface area contributed by atoms with Crippen LogP contribution in [0.5, 0.6) is 0 Å². The highest BCUT2D eigenvalue weighted by molar-refractivity contribution is 5.95. The van der Waals surface area contributed by atoms with Crippen LogP contribution in [-0.2, 0) is 11.8 Å². The average Bonchev–Trinajstić information content (AvgIpc) is 3.30. The Kier molecular flexibility index (Phi) is 5.47. The SMILES string of the molecule is C=C/C(=C\c1c(-c2cc3c(N4CCCCC4)ccnc3[nH]2)cn(C)c1C)OCC. The number of fused-ring (bicyclic) bond motifs is 1. The van der Waals surface area contributed by atoms with Crippen molar-refractivity contribution in [1.82, 2.24) is 14.5 Å². The minimum atomic E-state index is 0.620. The summed E-state index contributed by atoms with van der Waals surface area (Å²) in [5.41, 5.74) is 6.76. The van der Waals surface area contributed by atoms with Crippen LogP contribution in [0.15, 0.2) is 42.9 Å². The molecule has 0 amide bonds. The van der Waals surface area contributed by atoms with Gasteiger partial charge in [-0.05, 0) is 57.4 Å². The van der Waals surface area contributed by atoms with Crippen LogP contribution in [-0.4, -0.2) is 34.2 Å². The molecule has 1 aliphatic rings. The Morgan fingerprint density at radius 3 is 2.83 bits per heavy atom. The van der Waals surface area contributed by atoms with E-state index in [1.54, 1.807) is 6.08 Å². The summed E-state index contributed by atoms with van der Waals surface area (Å²) in [5.74, 6) is 0.784. The molecular formula is C24H30N4O. The summed E-state index contributed by atoms with van der Waals surface area (Å²) in [6.07, 6.45) is 11.8. The number of H-pyrrole nitrogens is 1. The second-order valence-electron chi connectivity index (χ2n) is 7.66. The highest BCUT2D eigenvalue weighted by atomic mass is 16.5. The van der Waals surface area contributed by atoms with E-state index in [1.807, 2.05) is 13.1 Å². The van der Waals surface area contributed by atoms with E-state index in [9.17, 15) is 0 Å². The third kappa shape index (κ3) is 3.69. The number of nitrogens with one attached hydrogen (secondary N) is 1. The van der Waals surface area contributed by atoms with Crippen molar-refractivity contribution in [1.29, 1.82) is 0 Å². The monoisotopic (exact) mass is 390 g/mol. The molecule has 0 aliphatic carbocycles. The molecule has 152 valence electrons. The molecule has 0 spiro atoms. The van der Waals surface area contributed by atoms with Crippen molar-refractivity contribution in [2.45, 2.75) is 33.1 Å². The van der Waals surface area contributed by atoms with Crippen molar-refractivity contribution in [3.05, 3.63) is 54.2 Å². The highest BCUT2D eigenvalue weighted by Crippen LogP contribution is 2.35. The van der Waals surface area contributed by atoms with Crippen LogP contribution in [0, 0.1) is 6.92 Å². The molecule has 0 atom stereocenters. The van der Waals surface area contributed by atoms with Crippen molar-refractivity contribution >= 4 is 22.8 Å². The van der Waals surface area contributed by atoms with E-state index in [1.165, 1.54) is 36.0 Å². The molecule has 3 aromatic heterocycles. The zero-order chi connectivity index (χ0) is 20.4. The van der Waals surface area contributed by atoms with Crippen LogP contribution in [0.3, 0.4) is 0 Å². The van der Waals surface area contributed by atoms with Gasteiger partial charge in [0.1, 0.15) is 11.4 Å². The fourth-order valence-electron chi connectivity index (χ4n) is 4.18. The van der Waals surface area contributed by atoms with Gasteiger partial charge in [0.25, 0.3) is 0 Å². The Morgan fingerprint density at radius 1 is 1.31 bits per heavy atom. The number of rotatable bonds is 6. The summed E-state index contributed by atoms with van der Waals surface area (Å²) in [6, 6.07) is 4.39. The maximum Gasteiger partial charge on any atom is 0.139 e. The molecule has 1 aliphatic heterocycles. The lowest BCUT2D eigenvalue weighted by atomic mass is 10.1. The quantitative estimate of drug-likeness (QED) is 0.451. The maximum absolute atomic E-state index is 5.71. The van der Waals surface area contributed by atoms with Crippen molar-refractivity contribution in [2.24, 2.45) is 7.05 Å². The molecule has 5 heteroatoms. The largest absolute Gasteiger partial charge is 0.494 e. The number of nitrogens with zero attached hydrogens (tertiary/aromatic N) is 3. The molecule has 0 aromatic carbocycles. The number of hydrogen-bond acceptors (Lipinski definition) is 3. The van der Waals surface area contributed by atoms with Crippen LogP contribution < -0.4 is 4.90 Å². The van der Waals surface area contributed by atoms with E-state index in [0.717, 1.165) is 41.3 Å². The number of aryl methyl sites for hydroxylation is 1. The van der Waals surface area contributed by atoms with Gasteiger partial charge in [0, 0.05) is 66.1 Å². The normalized spacial score (nSPS) is 15.1. The number of aromatic nitrogens is 3. The average molecular weight is 391 g/mol. The van der Waals surface area contributed by atoms with Crippen LogP contribution in [0.1, 0.15) is 37.4 Å². The molecule has 0 saturated carbocycles. The molecular weight excluding hydrogens is 360 g/mol. The van der Waals surface area contributed by atoms with E-state index < -0.39 is 0 Å². The predicted octanol–water partition coefficient (Wildman–Crippen LogP) is 5.43. The third-order valence-electron chi connectivity index (χ3n) is 5.83. The maximum atomic E-state index is 5.71. The minimum Gasteiger partial charge on any atom is -0.494 e. The van der Waals surface area contributed by atoms with Crippen LogP contribution >= 0.6 is 0 Å². The van der Waals surface area contributed by atoms with Gasteiger partial charge in [0.2, 0.25) is 0 Å². The number of allylic oxidation sites excluding steroid dienone is 1. The fourth-order valence-corrected chi connectivity index (χ4v) is 4.18. The highest BCUT2D eigenvalue weighted by Gasteiger charge is 2.18. The zero-order valence-corrected chi connectivity index (χ0v) is 17.7. The number of piperidine rings is 1. The Hall–Kier alpha value is -2.95. The van der Waals surface area contributed by atoms with Crippen molar-refractivity contribution < 1.29 is 4.74 Å². The Balaban J connectivity index is 1.81. The summed E-state index contributed by atoms with van der Waals surface area (Å²) in [6.45, 7) is 10.9. The molecule has 1 N–H and O–H groups in total. The number of anilines is 1. The van der Waals surface area contributed by atoms with Gasteiger partial charge in [-0.2, -0.15) is 0 Å². The molecule has 0 radical (unpaired) electrons. The Bertz CT molecular complexity index is 1050. The lowest BCUT2D eigenvalue weighted by molar-refractivity contribution is 0.246. The first-order valence-corrected chi connectivity index (χ1v) is 10.5. The Morgan fingerprint density at radius 2 is 2.10 bits per heavy atom. The number of hydrogen-bond donors (Lipinski definition) is 1. The first-order valence-electron chi connectivity index (χ1n) is 10.5. The molecule has 4 heterocycles. The van der Waals surface area contributed by atoms with E-state index in [2.05, 4.69) is 64.4 Å². The smallest absolute Gasteiger partial charge is 0.139 e. The van der Waals surface area contributed by atoms with Gasteiger partial charge in [0.15, 0.2) is 0 Å². The first kappa shape index (κ1) is 19.4. The lowest BCUT2D eigenvalue weighted by Crippen LogP contribution is -2.29. The third-order valence-corrected chi connectivity index (χ3v) is 5.83. The summed E-state index contributed by atoms with van der Waals surface area (Å²) >= 11 is 0. The van der Waals surface area contributed by atoms with Crippen LogP contribution in [0.4, 0.5) is 5.69 Å². The number of pyridine rings is 1. The number of aromatic amines is 1. The van der Waals surface area contributed by atoms with E-state index in [4.69, 9.17) is 4.74 Å². The van der Waals surface area contributed by atoms with E-state index in [-0.39, 0.29) is 0 Å². The van der Waals surface area contributed by atoms with Gasteiger partial charge in [-0.25, -0.2) is 4.98 Å². The topological polar surface area (TPSA) is 46.1 Å². The van der Waals surface area contributed by atoms with Crippen molar-refractivity contribution in [3.8, 4) is 11.3 Å². The van der Waals surface area contributed by atoms with Gasteiger partial charge in [-0.15, -0.1) is 0 Å². The lowest BCUT2D eigenvalue weighted by Gasteiger charge is -2.29. The second-order valence-corrected chi connectivity index (χ2v) is 7.66. The van der Waals surface area contributed by atoms with Gasteiger partial charge >= 0.3 is 0 Å². The van der Waals surface area contributed by atoms with Gasteiger partial charge in [-0.1, -0.05) is 6.58 Å².